The number of alkyl halides is 1. The van der Waals surface area contributed by atoms with E-state index < -0.39 is 30.5 Å². The maximum absolute atomic E-state index is 13.2. The van der Waals surface area contributed by atoms with E-state index in [0.717, 1.165) is 0 Å². The van der Waals surface area contributed by atoms with Gasteiger partial charge in [-0.3, -0.25) is 4.55 Å². The smallest absolute Gasteiger partial charge is 0.282 e. The van der Waals surface area contributed by atoms with Crippen LogP contribution in [-0.2, 0) is 25.7 Å². The van der Waals surface area contributed by atoms with Gasteiger partial charge in [0.15, 0.2) is 0 Å². The molecule has 2 N–H and O–H groups in total. The molecule has 0 bridgehead atoms. The average molecular weight is 311 g/mol. The van der Waals surface area contributed by atoms with Crippen molar-refractivity contribution in [3.8, 4) is 0 Å². The van der Waals surface area contributed by atoms with Crippen LogP contribution in [0.5, 0.6) is 0 Å². The Balaban J connectivity index is 3.09. The second-order valence-corrected chi connectivity index (χ2v) is 7.88. The van der Waals surface area contributed by atoms with Gasteiger partial charge in [-0.05, 0) is 19.4 Å². The van der Waals surface area contributed by atoms with Gasteiger partial charge in [-0.2, -0.15) is 8.42 Å². The predicted molar refractivity (Wildman–Crippen MR) is 68.0 cm³/mol. The van der Waals surface area contributed by atoms with Crippen LogP contribution in [0.3, 0.4) is 0 Å². The van der Waals surface area contributed by atoms with Crippen molar-refractivity contribution in [1.82, 2.24) is 4.72 Å². The van der Waals surface area contributed by atoms with Gasteiger partial charge in [-0.1, -0.05) is 30.3 Å². The molecular weight excluding hydrogens is 297 g/mol. The van der Waals surface area contributed by atoms with Gasteiger partial charge in [0.2, 0.25) is 0 Å². The van der Waals surface area contributed by atoms with Crippen molar-refractivity contribution in [2.75, 3.05) is 0 Å². The zero-order valence-electron chi connectivity index (χ0n) is 10.2. The zero-order chi connectivity index (χ0) is 14.9. The molecule has 6 nitrogen and oxygen atoms in total. The first-order valence-corrected chi connectivity index (χ1v) is 8.20. The summed E-state index contributed by atoms with van der Waals surface area (Å²) in [5.74, 6) is 0. The Morgan fingerprint density at radius 2 is 1.63 bits per heavy atom. The number of sulfonamides is 1. The molecule has 1 unspecified atom stereocenters. The summed E-state index contributed by atoms with van der Waals surface area (Å²) in [5, 5.41) is 0. The van der Waals surface area contributed by atoms with Crippen LogP contribution in [0.1, 0.15) is 19.4 Å². The summed E-state index contributed by atoms with van der Waals surface area (Å²) in [6.07, 6.45) is 0. The van der Waals surface area contributed by atoms with Gasteiger partial charge in [-0.25, -0.2) is 17.5 Å². The fourth-order valence-electron chi connectivity index (χ4n) is 1.48. The minimum Gasteiger partial charge on any atom is -0.282 e. The Hall–Kier alpha value is -1.03. The molecule has 0 saturated carbocycles. The third-order valence-electron chi connectivity index (χ3n) is 2.37. The van der Waals surface area contributed by atoms with Gasteiger partial charge in [0.05, 0.1) is 5.54 Å². The molecule has 0 heterocycles. The Kier molecular flexibility index (Phi) is 4.35. The van der Waals surface area contributed by atoms with Crippen molar-refractivity contribution in [3.05, 3.63) is 35.9 Å². The van der Waals surface area contributed by atoms with Crippen LogP contribution in [0.4, 0.5) is 4.39 Å². The van der Waals surface area contributed by atoms with E-state index >= 15 is 0 Å². The topological polar surface area (TPSA) is 101 Å². The maximum atomic E-state index is 13.2. The molecule has 108 valence electrons. The first-order valence-electron chi connectivity index (χ1n) is 5.15. The van der Waals surface area contributed by atoms with E-state index in [4.69, 9.17) is 4.55 Å². The first-order chi connectivity index (χ1) is 8.47. The second kappa shape index (κ2) is 5.16. The van der Waals surface area contributed by atoms with Gasteiger partial charge < -0.3 is 0 Å². The molecular formula is C10H14FNO5S2. The standard InChI is InChI=1S/C10H14FNO5S2/c1-10(2,8-6-4-3-5-7-8)12-18(13,14)9(11)19(15,16)17/h3-7,9,12H,1-2H3,(H,15,16,17). The molecule has 0 aliphatic heterocycles. The minimum atomic E-state index is -5.33. The Bertz CT molecular complexity index is 640. The number of rotatable bonds is 5. The summed E-state index contributed by atoms with van der Waals surface area (Å²) in [5.41, 5.74) is -0.712. The lowest BCUT2D eigenvalue weighted by Crippen LogP contribution is -2.46. The van der Waals surface area contributed by atoms with E-state index in [1.165, 1.54) is 13.8 Å². The Morgan fingerprint density at radius 3 is 2.05 bits per heavy atom. The quantitative estimate of drug-likeness (QED) is 0.790. The fraction of sp³-hybridized carbons (Fsp3) is 0.400. The summed E-state index contributed by atoms with van der Waals surface area (Å²) < 4.78 is 67.8. The molecule has 0 aliphatic carbocycles. The normalized spacial score (nSPS) is 15.2. The third-order valence-corrected chi connectivity index (χ3v) is 5.61. The third kappa shape index (κ3) is 3.96. The summed E-state index contributed by atoms with van der Waals surface area (Å²) >= 11 is 0. The van der Waals surface area contributed by atoms with Crippen molar-refractivity contribution in [2.45, 2.75) is 24.2 Å². The summed E-state index contributed by atoms with van der Waals surface area (Å²) in [6.45, 7) is 2.88. The van der Waals surface area contributed by atoms with Crippen LogP contribution in [0, 0.1) is 0 Å². The predicted octanol–water partition coefficient (Wildman–Crippen LogP) is 0.982. The molecule has 0 fully saturated rings. The lowest BCUT2D eigenvalue weighted by atomic mass is 9.96. The van der Waals surface area contributed by atoms with Crippen LogP contribution >= 0.6 is 0 Å². The highest BCUT2D eigenvalue weighted by Gasteiger charge is 2.40. The van der Waals surface area contributed by atoms with Crippen molar-refractivity contribution < 1.29 is 25.8 Å². The van der Waals surface area contributed by atoms with Crippen molar-refractivity contribution in [1.29, 1.82) is 0 Å². The Morgan fingerprint density at radius 1 is 1.16 bits per heavy atom. The molecule has 9 heteroatoms. The van der Waals surface area contributed by atoms with Crippen molar-refractivity contribution >= 4 is 20.1 Å². The maximum Gasteiger partial charge on any atom is 0.337 e. The summed E-state index contributed by atoms with van der Waals surface area (Å²) in [7, 11) is -10.2. The van der Waals surface area contributed by atoms with Crippen molar-refractivity contribution in [3.63, 3.8) is 0 Å². The highest BCUT2D eigenvalue weighted by Crippen LogP contribution is 2.22. The minimum absolute atomic E-state index is 0.515. The molecule has 0 aliphatic rings. The molecule has 1 aromatic carbocycles. The number of hydrogen-bond acceptors (Lipinski definition) is 4. The molecule has 19 heavy (non-hydrogen) atoms. The number of halogens is 1. The second-order valence-electron chi connectivity index (χ2n) is 4.43. The van der Waals surface area contributed by atoms with Gasteiger partial charge in [0.1, 0.15) is 0 Å². The lowest BCUT2D eigenvalue weighted by Gasteiger charge is -2.26. The molecule has 0 radical (unpaired) electrons. The first kappa shape index (κ1) is 16.0. The lowest BCUT2D eigenvalue weighted by molar-refractivity contribution is 0.405. The average Bonchev–Trinajstić information content (AvgIpc) is 2.26. The van der Waals surface area contributed by atoms with Gasteiger partial charge in [0.25, 0.3) is 10.0 Å². The number of hydrogen-bond donors (Lipinski definition) is 2. The van der Waals surface area contributed by atoms with Crippen LogP contribution in [-0.4, -0.2) is 26.2 Å². The molecule has 1 aromatic rings. The van der Waals surface area contributed by atoms with Crippen LogP contribution < -0.4 is 4.72 Å². The molecule has 0 aromatic heterocycles. The highest BCUT2D eigenvalue weighted by atomic mass is 32.3. The fourth-order valence-corrected chi connectivity index (χ4v) is 3.82. The summed E-state index contributed by atoms with van der Waals surface area (Å²) in [4.78, 5) is -3.43. The molecule has 1 rings (SSSR count). The molecule has 1 atom stereocenters. The number of nitrogens with one attached hydrogen (secondary N) is 1. The van der Waals surface area contributed by atoms with Crippen molar-refractivity contribution in [2.24, 2.45) is 0 Å². The zero-order valence-corrected chi connectivity index (χ0v) is 11.9. The molecule has 0 amide bonds. The van der Waals surface area contributed by atoms with E-state index in [1.807, 2.05) is 4.72 Å². The van der Waals surface area contributed by atoms with Gasteiger partial charge in [-0.15, -0.1) is 0 Å². The van der Waals surface area contributed by atoms with E-state index in [2.05, 4.69) is 0 Å². The SMILES string of the molecule is CC(C)(NS(=O)(=O)C(F)S(=O)(=O)O)c1ccccc1. The van der Waals surface area contributed by atoms with Crippen LogP contribution in [0.15, 0.2) is 30.3 Å². The monoisotopic (exact) mass is 311 g/mol. The molecule has 0 saturated heterocycles. The van der Waals surface area contributed by atoms with E-state index in [9.17, 15) is 21.2 Å². The van der Waals surface area contributed by atoms with Gasteiger partial charge in [0, 0.05) is 0 Å². The Labute approximate surface area is 111 Å². The highest BCUT2D eigenvalue weighted by molar-refractivity contribution is 8.05. The van der Waals surface area contributed by atoms with Crippen LogP contribution in [0.25, 0.3) is 0 Å². The largest absolute Gasteiger partial charge is 0.337 e. The van der Waals surface area contributed by atoms with E-state index in [1.54, 1.807) is 30.3 Å². The number of benzene rings is 1. The van der Waals surface area contributed by atoms with Crippen LogP contribution in [0.2, 0.25) is 0 Å². The van der Waals surface area contributed by atoms with E-state index in [-0.39, 0.29) is 0 Å². The van der Waals surface area contributed by atoms with E-state index in [0.29, 0.717) is 5.56 Å². The summed E-state index contributed by atoms with van der Waals surface area (Å²) in [6, 6.07) is 8.22. The van der Waals surface area contributed by atoms with Gasteiger partial charge >= 0.3 is 15.0 Å². The molecule has 0 spiro atoms.